The van der Waals surface area contributed by atoms with Crippen molar-refractivity contribution in [3.8, 4) is 0 Å². The maximum absolute atomic E-state index is 12.6. The van der Waals surface area contributed by atoms with Gasteiger partial charge in [0.15, 0.2) is 0 Å². The van der Waals surface area contributed by atoms with Crippen molar-refractivity contribution in [2.75, 3.05) is 19.1 Å². The van der Waals surface area contributed by atoms with E-state index in [2.05, 4.69) is 5.32 Å². The number of halogens is 3. The number of rotatable bonds is 6. The fourth-order valence-electron chi connectivity index (χ4n) is 1.96. The number of hydrogen-bond donors (Lipinski definition) is 1. The van der Waals surface area contributed by atoms with Crippen LogP contribution < -0.4 is 5.32 Å². The molecule has 0 aromatic heterocycles. The van der Waals surface area contributed by atoms with Gasteiger partial charge in [0.2, 0.25) is 0 Å². The zero-order chi connectivity index (χ0) is 15.4. The van der Waals surface area contributed by atoms with Crippen molar-refractivity contribution in [2.45, 2.75) is 25.1 Å². The summed E-state index contributed by atoms with van der Waals surface area (Å²) in [6, 6.07) is 4.80. The van der Waals surface area contributed by atoms with Gasteiger partial charge < -0.3 is 5.32 Å². The Morgan fingerprint density at radius 3 is 2.45 bits per heavy atom. The minimum atomic E-state index is -4.37. The topological polar surface area (TPSA) is 46.2 Å². The third-order valence-corrected chi connectivity index (χ3v) is 4.00. The van der Waals surface area contributed by atoms with Crippen LogP contribution in [0.1, 0.15) is 30.0 Å². The molecule has 0 saturated heterocycles. The van der Waals surface area contributed by atoms with Crippen LogP contribution in [0.5, 0.6) is 0 Å². The Bertz CT molecular complexity index is 541. The van der Waals surface area contributed by atoms with E-state index in [4.69, 9.17) is 0 Å². The Hall–Kier alpha value is -1.08. The molecule has 0 fully saturated rings. The molecule has 114 valence electrons. The summed E-state index contributed by atoms with van der Waals surface area (Å²) in [6.45, 7) is 0. The van der Waals surface area contributed by atoms with Gasteiger partial charge in [-0.15, -0.1) is 0 Å². The first-order valence-electron chi connectivity index (χ1n) is 6.15. The van der Waals surface area contributed by atoms with Gasteiger partial charge in [0.05, 0.1) is 5.56 Å². The molecule has 7 heteroatoms. The average Bonchev–Trinajstić information content (AvgIpc) is 2.32. The highest BCUT2D eigenvalue weighted by molar-refractivity contribution is 7.90. The lowest BCUT2D eigenvalue weighted by atomic mass is 10.0. The van der Waals surface area contributed by atoms with Crippen molar-refractivity contribution < 1.29 is 21.6 Å². The summed E-state index contributed by atoms with van der Waals surface area (Å²) in [5, 5.41) is 2.92. The molecule has 1 atom stereocenters. The number of hydrogen-bond acceptors (Lipinski definition) is 3. The van der Waals surface area contributed by atoms with Crippen LogP contribution in [0.25, 0.3) is 0 Å². The summed E-state index contributed by atoms with van der Waals surface area (Å²) in [4.78, 5) is 0. The minimum absolute atomic E-state index is 0.0319. The molecule has 0 aliphatic carbocycles. The first-order valence-corrected chi connectivity index (χ1v) is 8.21. The monoisotopic (exact) mass is 309 g/mol. The van der Waals surface area contributed by atoms with Crippen molar-refractivity contribution in [3.05, 3.63) is 35.4 Å². The van der Waals surface area contributed by atoms with Crippen molar-refractivity contribution in [1.82, 2.24) is 5.32 Å². The molecule has 0 saturated carbocycles. The van der Waals surface area contributed by atoms with Gasteiger partial charge in [-0.2, -0.15) is 13.2 Å². The van der Waals surface area contributed by atoms with E-state index in [1.807, 2.05) is 0 Å². The molecule has 0 spiro atoms. The van der Waals surface area contributed by atoms with Gasteiger partial charge in [-0.1, -0.05) is 12.1 Å². The lowest BCUT2D eigenvalue weighted by molar-refractivity contribution is -0.137. The van der Waals surface area contributed by atoms with Crippen LogP contribution in [-0.2, 0) is 16.0 Å². The highest BCUT2D eigenvalue weighted by Gasteiger charge is 2.30. The minimum Gasteiger partial charge on any atom is -0.313 e. The van der Waals surface area contributed by atoms with E-state index >= 15 is 0 Å². The number of nitrogens with one attached hydrogen (secondary N) is 1. The smallest absolute Gasteiger partial charge is 0.313 e. The van der Waals surface area contributed by atoms with Gasteiger partial charge in [-0.3, -0.25) is 0 Å². The Morgan fingerprint density at radius 1 is 1.30 bits per heavy atom. The van der Waals surface area contributed by atoms with Crippen LogP contribution in [0.15, 0.2) is 24.3 Å². The first kappa shape index (κ1) is 17.0. The third-order valence-electron chi connectivity index (χ3n) is 2.97. The maximum atomic E-state index is 12.6. The standard InChI is InChI=1S/C13H18F3NO2S/c1-17-12(7-4-8-20(2,18)19)10-5-3-6-11(9-10)13(14,15)16/h3,5-6,9,12,17H,4,7-8H2,1-2H3. The van der Waals surface area contributed by atoms with E-state index < -0.39 is 21.6 Å². The van der Waals surface area contributed by atoms with Gasteiger partial charge in [-0.25, -0.2) is 8.42 Å². The highest BCUT2D eigenvalue weighted by atomic mass is 32.2. The Balaban J connectivity index is 2.80. The molecular weight excluding hydrogens is 291 g/mol. The fourth-order valence-corrected chi connectivity index (χ4v) is 2.65. The van der Waals surface area contributed by atoms with Crippen molar-refractivity contribution in [2.24, 2.45) is 0 Å². The zero-order valence-electron chi connectivity index (χ0n) is 11.4. The van der Waals surface area contributed by atoms with E-state index in [1.54, 1.807) is 13.1 Å². The van der Waals surface area contributed by atoms with Crippen molar-refractivity contribution in [3.63, 3.8) is 0 Å². The summed E-state index contributed by atoms with van der Waals surface area (Å²) in [5.41, 5.74) is -0.186. The van der Waals surface area contributed by atoms with E-state index in [0.717, 1.165) is 18.4 Å². The summed E-state index contributed by atoms with van der Waals surface area (Å²) in [5.74, 6) is 0.0319. The summed E-state index contributed by atoms with van der Waals surface area (Å²) in [6.07, 6.45) is -2.36. The molecule has 0 aliphatic heterocycles. The van der Waals surface area contributed by atoms with Gasteiger partial charge in [-0.05, 0) is 37.6 Å². The number of alkyl halides is 3. The predicted molar refractivity (Wildman–Crippen MR) is 72.2 cm³/mol. The van der Waals surface area contributed by atoms with Crippen LogP contribution in [0.2, 0.25) is 0 Å². The Morgan fingerprint density at radius 2 is 1.95 bits per heavy atom. The molecule has 0 bridgehead atoms. The van der Waals surface area contributed by atoms with Crippen molar-refractivity contribution >= 4 is 9.84 Å². The van der Waals surface area contributed by atoms with Gasteiger partial charge in [0.1, 0.15) is 9.84 Å². The second-order valence-corrected chi connectivity index (χ2v) is 7.00. The molecule has 1 N–H and O–H groups in total. The molecule has 1 aromatic rings. The van der Waals surface area contributed by atoms with Gasteiger partial charge in [0, 0.05) is 18.1 Å². The molecular formula is C13H18F3NO2S. The van der Waals surface area contributed by atoms with Crippen LogP contribution in [0, 0.1) is 0 Å². The molecule has 1 unspecified atom stereocenters. The van der Waals surface area contributed by atoms with Crippen LogP contribution >= 0.6 is 0 Å². The lowest BCUT2D eigenvalue weighted by Gasteiger charge is -2.18. The van der Waals surface area contributed by atoms with Crippen molar-refractivity contribution in [1.29, 1.82) is 0 Å². The Kier molecular flexibility index (Phi) is 5.59. The predicted octanol–water partition coefficient (Wildman–Crippen LogP) is 2.79. The molecule has 20 heavy (non-hydrogen) atoms. The van der Waals surface area contributed by atoms with Crippen LogP contribution in [-0.4, -0.2) is 27.5 Å². The second-order valence-electron chi connectivity index (χ2n) is 4.74. The van der Waals surface area contributed by atoms with E-state index in [0.29, 0.717) is 18.4 Å². The zero-order valence-corrected chi connectivity index (χ0v) is 12.2. The number of sulfone groups is 1. The van der Waals surface area contributed by atoms with E-state index in [1.165, 1.54) is 6.07 Å². The molecule has 0 amide bonds. The quantitative estimate of drug-likeness (QED) is 0.879. The molecule has 0 aliphatic rings. The molecule has 0 heterocycles. The summed E-state index contributed by atoms with van der Waals surface area (Å²) >= 11 is 0. The third kappa shape index (κ3) is 5.50. The number of benzene rings is 1. The Labute approximate surface area is 117 Å². The second kappa shape index (κ2) is 6.58. The molecule has 1 aromatic carbocycles. The maximum Gasteiger partial charge on any atom is 0.416 e. The highest BCUT2D eigenvalue weighted by Crippen LogP contribution is 2.31. The average molecular weight is 309 g/mol. The largest absolute Gasteiger partial charge is 0.416 e. The molecule has 1 rings (SSSR count). The first-order chi connectivity index (χ1) is 9.13. The molecule has 0 radical (unpaired) electrons. The van der Waals surface area contributed by atoms with E-state index in [9.17, 15) is 21.6 Å². The van der Waals surface area contributed by atoms with Gasteiger partial charge in [0.25, 0.3) is 0 Å². The van der Waals surface area contributed by atoms with Crippen LogP contribution in [0.3, 0.4) is 0 Å². The van der Waals surface area contributed by atoms with Gasteiger partial charge >= 0.3 is 6.18 Å². The summed E-state index contributed by atoms with van der Waals surface area (Å²) < 4.78 is 60.0. The molecule has 3 nitrogen and oxygen atoms in total. The van der Waals surface area contributed by atoms with E-state index in [-0.39, 0.29) is 11.8 Å². The lowest BCUT2D eigenvalue weighted by Crippen LogP contribution is -2.18. The van der Waals surface area contributed by atoms with Crippen LogP contribution in [0.4, 0.5) is 13.2 Å². The fraction of sp³-hybridized carbons (Fsp3) is 0.538. The SMILES string of the molecule is CNC(CCCS(C)(=O)=O)c1cccc(C(F)(F)F)c1. The summed E-state index contributed by atoms with van der Waals surface area (Å²) in [7, 11) is -1.41. The normalized spacial score (nSPS) is 14.2.